The van der Waals surface area contributed by atoms with Crippen molar-refractivity contribution in [1.29, 1.82) is 0 Å². The molecule has 3 rings (SSSR count). The van der Waals surface area contributed by atoms with Crippen LogP contribution in [0, 0.1) is 0 Å². The van der Waals surface area contributed by atoms with Crippen molar-refractivity contribution >= 4 is 23.5 Å². The summed E-state index contributed by atoms with van der Waals surface area (Å²) in [4.78, 5) is 0. The van der Waals surface area contributed by atoms with Crippen LogP contribution >= 0.6 is 23.5 Å². The van der Waals surface area contributed by atoms with E-state index in [4.69, 9.17) is 14.6 Å². The van der Waals surface area contributed by atoms with Crippen molar-refractivity contribution in [3.05, 3.63) is 65.7 Å². The second-order valence-electron chi connectivity index (χ2n) is 6.20. The van der Waals surface area contributed by atoms with Crippen molar-refractivity contribution in [2.75, 3.05) is 37.9 Å². The molecule has 1 saturated heterocycles. The van der Waals surface area contributed by atoms with E-state index in [1.54, 1.807) is 0 Å². The minimum absolute atomic E-state index is 0.0165. The van der Waals surface area contributed by atoms with Gasteiger partial charge in [-0.05, 0) is 41.2 Å². The van der Waals surface area contributed by atoms with Crippen LogP contribution in [0.2, 0.25) is 0 Å². The Kier molecular flexibility index (Phi) is 7.91. The Balaban J connectivity index is 2.01. The highest BCUT2D eigenvalue weighted by molar-refractivity contribution is 8.18. The van der Waals surface area contributed by atoms with Crippen LogP contribution < -0.4 is 4.74 Å². The van der Waals surface area contributed by atoms with Gasteiger partial charge in [0.15, 0.2) is 0 Å². The zero-order valence-electron chi connectivity index (χ0n) is 15.3. The van der Waals surface area contributed by atoms with Crippen molar-refractivity contribution in [3.8, 4) is 5.75 Å². The molecule has 2 aromatic rings. The molecule has 0 saturated carbocycles. The number of rotatable bonds is 9. The van der Waals surface area contributed by atoms with Crippen LogP contribution in [0.1, 0.15) is 23.7 Å². The lowest BCUT2D eigenvalue weighted by Crippen LogP contribution is -2.33. The number of benzene rings is 2. The molecule has 1 atom stereocenters. The molecule has 2 N–H and O–H groups in total. The molecular formula is C21H26O4S2. The summed E-state index contributed by atoms with van der Waals surface area (Å²) in [5, 5.41) is 18.4. The third-order valence-electron chi connectivity index (χ3n) is 4.34. The molecule has 6 heteroatoms. The highest BCUT2D eigenvalue weighted by Gasteiger charge is 2.45. The summed E-state index contributed by atoms with van der Waals surface area (Å²) in [7, 11) is 0. The summed E-state index contributed by atoms with van der Waals surface area (Å²) in [5.41, 5.74) is 2.24. The molecule has 0 spiro atoms. The Morgan fingerprint density at radius 2 is 1.67 bits per heavy atom. The Labute approximate surface area is 169 Å². The largest absolute Gasteiger partial charge is 0.491 e. The van der Waals surface area contributed by atoms with Gasteiger partial charge in [-0.15, -0.1) is 23.5 Å². The number of hydrogen-bond acceptors (Lipinski definition) is 6. The van der Waals surface area contributed by atoms with E-state index in [9.17, 15) is 5.11 Å². The molecule has 1 unspecified atom stereocenters. The molecule has 1 heterocycles. The maximum absolute atomic E-state index is 9.39. The molecule has 27 heavy (non-hydrogen) atoms. The summed E-state index contributed by atoms with van der Waals surface area (Å²) in [6.45, 7) is 0.507. The first kappa shape index (κ1) is 20.6. The highest BCUT2D eigenvalue weighted by Crippen LogP contribution is 2.58. The molecule has 146 valence electrons. The minimum Gasteiger partial charge on any atom is -0.491 e. The van der Waals surface area contributed by atoms with E-state index in [1.165, 1.54) is 12.0 Å². The summed E-state index contributed by atoms with van der Waals surface area (Å²) < 4.78 is 11.6. The fourth-order valence-electron chi connectivity index (χ4n) is 3.21. The molecule has 2 aromatic carbocycles. The van der Waals surface area contributed by atoms with E-state index in [1.807, 2.05) is 53.9 Å². The van der Waals surface area contributed by atoms with Gasteiger partial charge < -0.3 is 19.7 Å². The van der Waals surface area contributed by atoms with Crippen LogP contribution in [0.25, 0.3) is 0 Å². The van der Waals surface area contributed by atoms with Crippen molar-refractivity contribution in [2.24, 2.45) is 0 Å². The van der Waals surface area contributed by atoms with E-state index >= 15 is 0 Å². The van der Waals surface area contributed by atoms with Gasteiger partial charge in [0, 0.05) is 0 Å². The first-order valence-electron chi connectivity index (χ1n) is 9.19. The molecule has 4 nitrogen and oxygen atoms in total. The third kappa shape index (κ3) is 5.00. The van der Waals surface area contributed by atoms with Crippen LogP contribution in [-0.2, 0) is 8.82 Å². The fraction of sp³-hybridized carbons (Fsp3) is 0.429. The Morgan fingerprint density at radius 3 is 2.37 bits per heavy atom. The number of ether oxygens (including phenoxy) is 2. The molecule has 0 bridgehead atoms. The first-order valence-corrected chi connectivity index (χ1v) is 11.2. The smallest absolute Gasteiger partial charge is 0.119 e. The van der Waals surface area contributed by atoms with Gasteiger partial charge in [0.2, 0.25) is 0 Å². The summed E-state index contributed by atoms with van der Waals surface area (Å²) in [5.74, 6) is 2.86. The maximum atomic E-state index is 9.39. The van der Waals surface area contributed by atoms with E-state index in [0.29, 0.717) is 5.75 Å². The lowest BCUT2D eigenvalue weighted by molar-refractivity contribution is 0.0200. The molecule has 0 amide bonds. The maximum Gasteiger partial charge on any atom is 0.119 e. The Hall–Kier alpha value is -1.18. The average Bonchev–Trinajstić information content (AvgIpc) is 2.74. The second kappa shape index (κ2) is 10.4. The normalized spacial score (nSPS) is 17.4. The van der Waals surface area contributed by atoms with Crippen molar-refractivity contribution in [1.82, 2.24) is 0 Å². The van der Waals surface area contributed by atoms with Gasteiger partial charge in [-0.25, -0.2) is 0 Å². The van der Waals surface area contributed by atoms with Gasteiger partial charge in [0.05, 0.1) is 19.8 Å². The zero-order valence-corrected chi connectivity index (χ0v) is 16.9. The third-order valence-corrected chi connectivity index (χ3v) is 7.79. The lowest BCUT2D eigenvalue weighted by Gasteiger charge is -2.42. The van der Waals surface area contributed by atoms with Crippen molar-refractivity contribution in [2.45, 2.75) is 16.6 Å². The van der Waals surface area contributed by atoms with E-state index in [0.717, 1.165) is 17.1 Å². The summed E-state index contributed by atoms with van der Waals surface area (Å²) >= 11 is 3.83. The minimum atomic E-state index is -0.274. The van der Waals surface area contributed by atoms with Crippen molar-refractivity contribution in [3.63, 3.8) is 0 Å². The van der Waals surface area contributed by atoms with Crippen LogP contribution in [0.4, 0.5) is 0 Å². The predicted molar refractivity (Wildman–Crippen MR) is 112 cm³/mol. The Bertz CT molecular complexity index is 690. The standard InChI is InChI=1S/C21H26O4S2/c22-10-12-24-19-9-4-6-17(16-19)20(25-13-11-23)21(26-14-5-15-27-21)18-7-2-1-3-8-18/h1-4,6-9,16,20,22-23H,5,10-15H2. The van der Waals surface area contributed by atoms with Gasteiger partial charge in [-0.3, -0.25) is 0 Å². The quantitative estimate of drug-likeness (QED) is 0.660. The van der Waals surface area contributed by atoms with E-state index < -0.39 is 0 Å². The number of aliphatic hydroxyl groups is 2. The van der Waals surface area contributed by atoms with Crippen LogP contribution in [-0.4, -0.2) is 48.1 Å². The first-order chi connectivity index (χ1) is 13.3. The predicted octanol–water partition coefficient (Wildman–Crippen LogP) is 3.83. The summed E-state index contributed by atoms with van der Waals surface area (Å²) in [6, 6.07) is 18.4. The molecule has 0 radical (unpaired) electrons. The van der Waals surface area contributed by atoms with Crippen LogP contribution in [0.5, 0.6) is 5.75 Å². The molecule has 0 aliphatic carbocycles. The number of hydrogen-bond donors (Lipinski definition) is 2. The average molecular weight is 407 g/mol. The second-order valence-corrected chi connectivity index (χ2v) is 9.14. The number of thioether (sulfide) groups is 2. The Morgan fingerprint density at radius 1 is 0.926 bits per heavy atom. The molecular weight excluding hydrogens is 380 g/mol. The lowest BCUT2D eigenvalue weighted by atomic mass is 9.99. The van der Waals surface area contributed by atoms with Crippen molar-refractivity contribution < 1.29 is 19.7 Å². The van der Waals surface area contributed by atoms with Gasteiger partial charge in [-0.1, -0.05) is 42.5 Å². The van der Waals surface area contributed by atoms with Crippen LogP contribution in [0.15, 0.2) is 54.6 Å². The van der Waals surface area contributed by atoms with Gasteiger partial charge in [0.1, 0.15) is 22.5 Å². The monoisotopic (exact) mass is 406 g/mol. The molecule has 1 aliphatic heterocycles. The molecule has 1 fully saturated rings. The summed E-state index contributed by atoms with van der Waals surface area (Å²) in [6.07, 6.45) is 0.955. The molecule has 0 aromatic heterocycles. The van der Waals surface area contributed by atoms with Gasteiger partial charge in [-0.2, -0.15) is 0 Å². The topological polar surface area (TPSA) is 58.9 Å². The van der Waals surface area contributed by atoms with E-state index in [-0.39, 0.29) is 36.6 Å². The van der Waals surface area contributed by atoms with E-state index in [2.05, 4.69) is 24.3 Å². The number of aliphatic hydroxyl groups excluding tert-OH is 2. The zero-order chi connectivity index (χ0) is 19.0. The fourth-order valence-corrected chi connectivity index (χ4v) is 6.73. The molecule has 1 aliphatic rings. The van der Waals surface area contributed by atoms with Gasteiger partial charge in [0.25, 0.3) is 0 Å². The van der Waals surface area contributed by atoms with Gasteiger partial charge >= 0.3 is 0 Å². The van der Waals surface area contributed by atoms with Crippen LogP contribution in [0.3, 0.4) is 0 Å². The SMILES string of the molecule is OCCOc1cccc(C(OCCO)C2(c3ccccc3)SCCCS2)c1. The highest BCUT2D eigenvalue weighted by atomic mass is 32.2.